The molecule has 0 radical (unpaired) electrons. The van der Waals surface area contributed by atoms with E-state index in [2.05, 4.69) is 0 Å². The Balaban J connectivity index is 2.47. The third kappa shape index (κ3) is 4.11. The predicted octanol–water partition coefficient (Wildman–Crippen LogP) is 3.32. The number of ketones is 1. The van der Waals surface area contributed by atoms with E-state index in [1.54, 1.807) is 0 Å². The standard InChI is InChI=1S/C13H16O2S/c1-3-15-13(16)9-8-12(14)11-6-4-10(2)5-7-11/h4-7H,3,8-9H2,1-2H3. The van der Waals surface area contributed by atoms with Crippen LogP contribution in [0.1, 0.15) is 35.7 Å². The van der Waals surface area contributed by atoms with Gasteiger partial charge in [0.15, 0.2) is 10.8 Å². The lowest BCUT2D eigenvalue weighted by atomic mass is 10.1. The van der Waals surface area contributed by atoms with Crippen molar-refractivity contribution in [2.45, 2.75) is 26.7 Å². The van der Waals surface area contributed by atoms with Gasteiger partial charge in [-0.25, -0.2) is 0 Å². The molecule has 2 nitrogen and oxygen atoms in total. The van der Waals surface area contributed by atoms with Crippen LogP contribution < -0.4 is 0 Å². The molecule has 0 saturated heterocycles. The molecule has 16 heavy (non-hydrogen) atoms. The Kier molecular flexibility index (Phi) is 5.12. The summed E-state index contributed by atoms with van der Waals surface area (Å²) in [6, 6.07) is 7.57. The van der Waals surface area contributed by atoms with Crippen molar-refractivity contribution in [3.8, 4) is 0 Å². The summed E-state index contributed by atoms with van der Waals surface area (Å²) in [5.41, 5.74) is 1.89. The number of aryl methyl sites for hydroxylation is 1. The van der Waals surface area contributed by atoms with Gasteiger partial charge < -0.3 is 4.74 Å². The van der Waals surface area contributed by atoms with Crippen molar-refractivity contribution >= 4 is 23.1 Å². The molecule has 1 aromatic rings. The Hall–Kier alpha value is -1.22. The molecule has 0 heterocycles. The number of hydrogen-bond acceptors (Lipinski definition) is 3. The summed E-state index contributed by atoms with van der Waals surface area (Å²) < 4.78 is 5.13. The average Bonchev–Trinajstić information content (AvgIpc) is 2.27. The first kappa shape index (κ1) is 12.8. The van der Waals surface area contributed by atoms with E-state index in [9.17, 15) is 4.79 Å². The molecular formula is C13H16O2S. The van der Waals surface area contributed by atoms with Crippen LogP contribution in [-0.4, -0.2) is 17.4 Å². The van der Waals surface area contributed by atoms with Crippen LogP contribution in [0, 0.1) is 6.92 Å². The Bertz CT molecular complexity index is 368. The van der Waals surface area contributed by atoms with Gasteiger partial charge in [0.1, 0.15) is 0 Å². The van der Waals surface area contributed by atoms with E-state index < -0.39 is 0 Å². The highest BCUT2D eigenvalue weighted by Gasteiger charge is 2.07. The molecule has 1 rings (SSSR count). The van der Waals surface area contributed by atoms with Crippen LogP contribution in [-0.2, 0) is 4.74 Å². The zero-order chi connectivity index (χ0) is 12.0. The van der Waals surface area contributed by atoms with Crippen LogP contribution in [0.2, 0.25) is 0 Å². The van der Waals surface area contributed by atoms with Gasteiger partial charge in [0.25, 0.3) is 0 Å². The van der Waals surface area contributed by atoms with Gasteiger partial charge in [0.2, 0.25) is 0 Å². The van der Waals surface area contributed by atoms with E-state index in [1.807, 2.05) is 38.1 Å². The molecule has 0 aliphatic heterocycles. The lowest BCUT2D eigenvalue weighted by molar-refractivity contribution is 0.0983. The molecule has 86 valence electrons. The Morgan fingerprint density at radius 2 is 1.88 bits per heavy atom. The van der Waals surface area contributed by atoms with Gasteiger partial charge in [-0.05, 0) is 26.1 Å². The fourth-order valence-corrected chi connectivity index (χ4v) is 1.55. The van der Waals surface area contributed by atoms with Crippen molar-refractivity contribution < 1.29 is 9.53 Å². The van der Waals surface area contributed by atoms with Crippen LogP contribution in [0.4, 0.5) is 0 Å². The maximum atomic E-state index is 11.7. The van der Waals surface area contributed by atoms with Crippen LogP contribution in [0.3, 0.4) is 0 Å². The van der Waals surface area contributed by atoms with Crippen molar-refractivity contribution in [2.75, 3.05) is 6.61 Å². The lowest BCUT2D eigenvalue weighted by Crippen LogP contribution is -2.06. The summed E-state index contributed by atoms with van der Waals surface area (Å²) in [6.07, 6.45) is 0.942. The summed E-state index contributed by atoms with van der Waals surface area (Å²) >= 11 is 4.97. The minimum atomic E-state index is 0.113. The van der Waals surface area contributed by atoms with E-state index in [4.69, 9.17) is 17.0 Å². The fourth-order valence-electron chi connectivity index (χ4n) is 1.33. The molecule has 1 aromatic carbocycles. The SMILES string of the molecule is CCOC(=S)CCC(=O)c1ccc(C)cc1. The van der Waals surface area contributed by atoms with Crippen molar-refractivity contribution in [2.24, 2.45) is 0 Å². The highest BCUT2D eigenvalue weighted by atomic mass is 32.1. The number of ether oxygens (including phenoxy) is 1. The Labute approximate surface area is 102 Å². The van der Waals surface area contributed by atoms with E-state index in [0.717, 1.165) is 11.1 Å². The first-order valence-electron chi connectivity index (χ1n) is 5.39. The molecule has 0 fully saturated rings. The van der Waals surface area contributed by atoms with Gasteiger partial charge in [-0.15, -0.1) is 0 Å². The molecule has 0 amide bonds. The highest BCUT2D eigenvalue weighted by Crippen LogP contribution is 2.08. The molecule has 0 aliphatic carbocycles. The minimum absolute atomic E-state index is 0.113. The van der Waals surface area contributed by atoms with Gasteiger partial charge in [-0.2, -0.15) is 0 Å². The number of Topliss-reactive ketones (excluding diaryl/α,β-unsaturated/α-hetero) is 1. The number of thiocarbonyl (C=S) groups is 1. The number of hydrogen-bond donors (Lipinski definition) is 0. The quantitative estimate of drug-likeness (QED) is 0.579. The molecule has 0 saturated carbocycles. The number of benzene rings is 1. The number of carbonyl (C=O) groups excluding carboxylic acids is 1. The van der Waals surface area contributed by atoms with E-state index >= 15 is 0 Å². The zero-order valence-corrected chi connectivity index (χ0v) is 10.5. The maximum absolute atomic E-state index is 11.7. The van der Waals surface area contributed by atoms with Gasteiger partial charge in [-0.3, -0.25) is 4.79 Å². The summed E-state index contributed by atoms with van der Waals surface area (Å²) in [5, 5.41) is 0.517. The van der Waals surface area contributed by atoms with Crippen LogP contribution >= 0.6 is 12.2 Å². The van der Waals surface area contributed by atoms with Crippen molar-refractivity contribution in [1.29, 1.82) is 0 Å². The van der Waals surface area contributed by atoms with Crippen molar-refractivity contribution in [3.05, 3.63) is 35.4 Å². The van der Waals surface area contributed by atoms with Crippen LogP contribution in [0.5, 0.6) is 0 Å². The van der Waals surface area contributed by atoms with Gasteiger partial charge in [-0.1, -0.05) is 29.8 Å². The van der Waals surface area contributed by atoms with Crippen molar-refractivity contribution in [3.63, 3.8) is 0 Å². The van der Waals surface area contributed by atoms with Crippen molar-refractivity contribution in [1.82, 2.24) is 0 Å². The van der Waals surface area contributed by atoms with Gasteiger partial charge in [0.05, 0.1) is 6.61 Å². The summed E-state index contributed by atoms with van der Waals surface area (Å²) in [6.45, 7) is 4.45. The largest absolute Gasteiger partial charge is 0.487 e. The summed E-state index contributed by atoms with van der Waals surface area (Å²) in [7, 11) is 0. The Morgan fingerprint density at radius 3 is 2.44 bits per heavy atom. The van der Waals surface area contributed by atoms with Gasteiger partial charge in [0, 0.05) is 18.4 Å². The zero-order valence-electron chi connectivity index (χ0n) is 9.66. The van der Waals surface area contributed by atoms with E-state index in [-0.39, 0.29) is 5.78 Å². The third-order valence-electron chi connectivity index (χ3n) is 2.24. The molecule has 3 heteroatoms. The topological polar surface area (TPSA) is 26.3 Å². The second-order valence-electron chi connectivity index (χ2n) is 3.59. The normalized spacial score (nSPS) is 9.88. The third-order valence-corrected chi connectivity index (χ3v) is 2.56. The van der Waals surface area contributed by atoms with E-state index in [1.165, 1.54) is 0 Å². The minimum Gasteiger partial charge on any atom is -0.487 e. The monoisotopic (exact) mass is 236 g/mol. The average molecular weight is 236 g/mol. The molecule has 0 unspecified atom stereocenters. The highest BCUT2D eigenvalue weighted by molar-refractivity contribution is 7.80. The summed E-state index contributed by atoms with van der Waals surface area (Å²) in [4.78, 5) is 11.7. The first-order valence-corrected chi connectivity index (χ1v) is 5.79. The second-order valence-corrected chi connectivity index (χ2v) is 4.05. The summed E-state index contributed by atoms with van der Waals surface area (Å²) in [5.74, 6) is 0.113. The smallest absolute Gasteiger partial charge is 0.163 e. The van der Waals surface area contributed by atoms with E-state index in [0.29, 0.717) is 24.5 Å². The molecule has 0 bridgehead atoms. The molecule has 0 N–H and O–H groups in total. The fraction of sp³-hybridized carbons (Fsp3) is 0.385. The Morgan fingerprint density at radius 1 is 1.25 bits per heavy atom. The predicted molar refractivity (Wildman–Crippen MR) is 69.0 cm³/mol. The first-order chi connectivity index (χ1) is 7.63. The van der Waals surface area contributed by atoms with Crippen LogP contribution in [0.25, 0.3) is 0 Å². The maximum Gasteiger partial charge on any atom is 0.163 e. The second kappa shape index (κ2) is 6.38. The molecule has 0 spiro atoms. The number of rotatable bonds is 5. The molecule has 0 atom stereocenters. The molecule has 0 aliphatic rings. The van der Waals surface area contributed by atoms with Gasteiger partial charge >= 0.3 is 0 Å². The lowest BCUT2D eigenvalue weighted by Gasteiger charge is -2.04. The molecule has 0 aromatic heterocycles. The van der Waals surface area contributed by atoms with Crippen LogP contribution in [0.15, 0.2) is 24.3 Å². The number of carbonyl (C=O) groups is 1. The molecular weight excluding hydrogens is 220 g/mol.